The fourth-order valence-corrected chi connectivity index (χ4v) is 5.27. The van der Waals surface area contributed by atoms with E-state index < -0.39 is 0 Å². The van der Waals surface area contributed by atoms with Crippen molar-refractivity contribution in [3.63, 3.8) is 0 Å². The Morgan fingerprint density at radius 3 is 2.19 bits per heavy atom. The van der Waals surface area contributed by atoms with Gasteiger partial charge in [0.1, 0.15) is 12.4 Å². The molecule has 0 fully saturated rings. The second-order valence-corrected chi connectivity index (χ2v) is 9.39. The molecule has 36 heavy (non-hydrogen) atoms. The van der Waals surface area contributed by atoms with Gasteiger partial charge in [0.2, 0.25) is 0 Å². The third-order valence-electron chi connectivity index (χ3n) is 7.05. The lowest BCUT2D eigenvalue weighted by Crippen LogP contribution is -2.27. The number of ether oxygens (including phenoxy) is 1. The lowest BCUT2D eigenvalue weighted by Gasteiger charge is -2.30. The molecule has 2 N–H and O–H groups in total. The Balaban J connectivity index is 1.41. The van der Waals surface area contributed by atoms with Gasteiger partial charge in [0.05, 0.1) is 17.4 Å². The molecule has 2 aliphatic rings. The lowest BCUT2D eigenvalue weighted by atomic mass is 9.78. The standard InChI is InChI=1S/C32H28N2O2/c35-29-20-24(23-13-5-2-6-14-23)19-28-31(29)32(34-27-17-9-8-16-26(27)33-28)25-15-7-10-18-30(25)36-21-22-11-3-1-4-12-22/h1-18,24,32-34H,19-21H2/t24-,32-/m0/s1. The number of anilines is 2. The van der Waals surface area contributed by atoms with Crippen molar-refractivity contribution in [3.8, 4) is 5.75 Å². The minimum Gasteiger partial charge on any atom is -0.489 e. The normalized spacial score (nSPS) is 18.8. The van der Waals surface area contributed by atoms with Gasteiger partial charge in [0.15, 0.2) is 5.78 Å². The molecule has 4 aromatic carbocycles. The number of hydrogen-bond acceptors (Lipinski definition) is 4. The van der Waals surface area contributed by atoms with Crippen LogP contribution in [0.3, 0.4) is 0 Å². The molecule has 0 saturated carbocycles. The molecule has 0 aromatic heterocycles. The molecular weight excluding hydrogens is 444 g/mol. The first-order chi connectivity index (χ1) is 17.8. The van der Waals surface area contributed by atoms with E-state index in [4.69, 9.17) is 4.74 Å². The third-order valence-corrected chi connectivity index (χ3v) is 7.05. The third kappa shape index (κ3) is 4.38. The van der Waals surface area contributed by atoms with Gasteiger partial charge in [-0.1, -0.05) is 91.0 Å². The van der Waals surface area contributed by atoms with Crippen molar-refractivity contribution >= 4 is 17.2 Å². The zero-order valence-corrected chi connectivity index (χ0v) is 20.0. The molecule has 0 bridgehead atoms. The van der Waals surface area contributed by atoms with Crippen molar-refractivity contribution < 1.29 is 9.53 Å². The summed E-state index contributed by atoms with van der Waals surface area (Å²) < 4.78 is 6.32. The number of carbonyl (C=O) groups excluding carboxylic acids is 1. The number of carbonyl (C=O) groups is 1. The summed E-state index contributed by atoms with van der Waals surface area (Å²) in [6.07, 6.45) is 1.27. The SMILES string of the molecule is O=C1C[C@@H](c2ccccc2)CC2=C1[C@H](c1ccccc1OCc1ccccc1)Nc1ccccc1N2. The summed E-state index contributed by atoms with van der Waals surface area (Å²) in [4.78, 5) is 13.8. The largest absolute Gasteiger partial charge is 0.489 e. The predicted octanol–water partition coefficient (Wildman–Crippen LogP) is 7.25. The van der Waals surface area contributed by atoms with Crippen LogP contribution in [0.5, 0.6) is 5.75 Å². The van der Waals surface area contributed by atoms with Gasteiger partial charge in [-0.2, -0.15) is 0 Å². The summed E-state index contributed by atoms with van der Waals surface area (Å²) in [5, 5.41) is 7.30. The van der Waals surface area contributed by atoms with Crippen molar-refractivity contribution in [1.29, 1.82) is 0 Å². The van der Waals surface area contributed by atoms with Gasteiger partial charge in [-0.3, -0.25) is 4.79 Å². The van der Waals surface area contributed by atoms with Crippen molar-refractivity contribution in [2.24, 2.45) is 0 Å². The van der Waals surface area contributed by atoms with E-state index in [2.05, 4.69) is 53.1 Å². The predicted molar refractivity (Wildman–Crippen MR) is 144 cm³/mol. The van der Waals surface area contributed by atoms with Gasteiger partial charge in [0.25, 0.3) is 0 Å². The Hall–Kier alpha value is -4.31. The molecule has 6 rings (SSSR count). The maximum absolute atomic E-state index is 13.8. The molecule has 0 saturated heterocycles. The van der Waals surface area contributed by atoms with E-state index in [0.717, 1.165) is 45.9 Å². The quantitative estimate of drug-likeness (QED) is 0.321. The number of allylic oxidation sites excluding steroid dienone is 1. The first-order valence-corrected chi connectivity index (χ1v) is 12.5. The van der Waals surface area contributed by atoms with Crippen LogP contribution in [-0.2, 0) is 11.4 Å². The Labute approximate surface area is 211 Å². The van der Waals surface area contributed by atoms with E-state index >= 15 is 0 Å². The molecule has 178 valence electrons. The van der Waals surface area contributed by atoms with E-state index in [1.54, 1.807) is 0 Å². The molecule has 0 amide bonds. The van der Waals surface area contributed by atoms with Gasteiger partial charge in [-0.15, -0.1) is 0 Å². The van der Waals surface area contributed by atoms with Crippen LogP contribution in [0, 0.1) is 0 Å². The summed E-state index contributed by atoms with van der Waals surface area (Å²) in [7, 11) is 0. The lowest BCUT2D eigenvalue weighted by molar-refractivity contribution is -0.116. The van der Waals surface area contributed by atoms with Crippen LogP contribution in [0.2, 0.25) is 0 Å². The van der Waals surface area contributed by atoms with E-state index in [0.29, 0.717) is 13.0 Å². The number of fused-ring (bicyclic) bond motifs is 1. The molecule has 4 heteroatoms. The van der Waals surface area contributed by atoms with E-state index in [1.165, 1.54) is 5.56 Å². The second kappa shape index (κ2) is 9.74. The summed E-state index contributed by atoms with van der Waals surface area (Å²) >= 11 is 0. The summed E-state index contributed by atoms with van der Waals surface area (Å²) in [5.41, 5.74) is 7.01. The Kier molecular flexibility index (Phi) is 6.00. The van der Waals surface area contributed by atoms with Crippen LogP contribution >= 0.6 is 0 Å². The van der Waals surface area contributed by atoms with Gasteiger partial charge in [-0.05, 0) is 41.7 Å². The minimum atomic E-state index is -0.313. The number of ketones is 1. The van der Waals surface area contributed by atoms with Crippen molar-refractivity contribution in [1.82, 2.24) is 0 Å². The number of para-hydroxylation sites is 3. The molecule has 1 aliphatic heterocycles. The number of Topliss-reactive ketones (excluding diaryl/α,β-unsaturated/α-hetero) is 1. The van der Waals surface area contributed by atoms with E-state index in [1.807, 2.05) is 66.7 Å². The van der Waals surface area contributed by atoms with Crippen LogP contribution in [0.4, 0.5) is 11.4 Å². The average molecular weight is 473 g/mol. The highest BCUT2D eigenvalue weighted by molar-refractivity contribution is 6.01. The fourth-order valence-electron chi connectivity index (χ4n) is 5.27. The highest BCUT2D eigenvalue weighted by atomic mass is 16.5. The first-order valence-electron chi connectivity index (χ1n) is 12.5. The first kappa shape index (κ1) is 22.2. The zero-order chi connectivity index (χ0) is 24.3. The highest BCUT2D eigenvalue weighted by Crippen LogP contribution is 2.45. The van der Waals surface area contributed by atoms with Crippen LogP contribution in [-0.4, -0.2) is 5.78 Å². The van der Waals surface area contributed by atoms with E-state index in [9.17, 15) is 4.79 Å². The molecule has 1 aliphatic carbocycles. The molecule has 0 radical (unpaired) electrons. The maximum atomic E-state index is 13.8. The van der Waals surface area contributed by atoms with Gasteiger partial charge in [0, 0.05) is 23.3 Å². The van der Waals surface area contributed by atoms with Gasteiger partial charge < -0.3 is 15.4 Å². The van der Waals surface area contributed by atoms with Crippen molar-refractivity contribution in [3.05, 3.63) is 137 Å². The Morgan fingerprint density at radius 1 is 0.722 bits per heavy atom. The average Bonchev–Trinajstić information content (AvgIpc) is 3.10. The molecule has 1 heterocycles. The van der Waals surface area contributed by atoms with Gasteiger partial charge >= 0.3 is 0 Å². The molecule has 0 spiro atoms. The minimum absolute atomic E-state index is 0.153. The Morgan fingerprint density at radius 2 is 1.39 bits per heavy atom. The molecular formula is C32H28N2O2. The van der Waals surface area contributed by atoms with Crippen LogP contribution in [0.1, 0.15) is 41.5 Å². The van der Waals surface area contributed by atoms with Gasteiger partial charge in [-0.25, -0.2) is 0 Å². The highest BCUT2D eigenvalue weighted by Gasteiger charge is 2.37. The van der Waals surface area contributed by atoms with Crippen molar-refractivity contribution in [2.75, 3.05) is 10.6 Å². The smallest absolute Gasteiger partial charge is 0.163 e. The molecule has 2 atom stereocenters. The van der Waals surface area contributed by atoms with Crippen molar-refractivity contribution in [2.45, 2.75) is 31.4 Å². The fraction of sp³-hybridized carbons (Fsp3) is 0.156. The second-order valence-electron chi connectivity index (χ2n) is 9.39. The monoisotopic (exact) mass is 472 g/mol. The molecule has 0 unspecified atom stereocenters. The van der Waals surface area contributed by atoms with Crippen LogP contribution in [0.25, 0.3) is 0 Å². The number of benzene rings is 4. The molecule has 4 aromatic rings. The van der Waals surface area contributed by atoms with Crippen LogP contribution < -0.4 is 15.4 Å². The van der Waals surface area contributed by atoms with E-state index in [-0.39, 0.29) is 17.7 Å². The Bertz CT molecular complexity index is 1410. The zero-order valence-electron chi connectivity index (χ0n) is 20.0. The van der Waals surface area contributed by atoms with Crippen LogP contribution in [0.15, 0.2) is 120 Å². The molecule has 4 nitrogen and oxygen atoms in total. The number of hydrogen-bond donors (Lipinski definition) is 2. The summed E-state index contributed by atoms with van der Waals surface area (Å²) in [6.45, 7) is 0.468. The maximum Gasteiger partial charge on any atom is 0.163 e. The summed E-state index contributed by atoms with van der Waals surface area (Å²) in [6, 6.07) is 36.4. The number of nitrogens with one attached hydrogen (secondary N) is 2. The number of rotatable bonds is 5. The topological polar surface area (TPSA) is 50.4 Å². The summed E-state index contributed by atoms with van der Waals surface area (Å²) in [5.74, 6) is 1.10.